The summed E-state index contributed by atoms with van der Waals surface area (Å²) in [4.78, 5) is 27.0. The molecule has 3 rings (SSSR count). The Morgan fingerprint density at radius 2 is 1.86 bits per heavy atom. The molecule has 1 aromatic carbocycles. The number of hydrogen-bond donors (Lipinski definition) is 1. The van der Waals surface area contributed by atoms with Crippen molar-refractivity contribution in [3.63, 3.8) is 0 Å². The number of nitrogens with zero attached hydrogens (tertiary/aromatic N) is 1. The molecular weight excluding hydrogens is 379 g/mol. The van der Waals surface area contributed by atoms with Gasteiger partial charge in [0.05, 0.1) is 0 Å². The van der Waals surface area contributed by atoms with Crippen molar-refractivity contribution in [2.75, 3.05) is 0 Å². The maximum Gasteiger partial charge on any atom is 0.246 e. The van der Waals surface area contributed by atoms with Crippen LogP contribution in [0.5, 0.6) is 0 Å². The Labute approximate surface area is 138 Å². The lowest BCUT2D eigenvalue weighted by atomic mass is 9.89. The molecule has 112 valence electrons. The van der Waals surface area contributed by atoms with Gasteiger partial charge in [0, 0.05) is 10.1 Å². The molecule has 2 fully saturated rings. The summed E-state index contributed by atoms with van der Waals surface area (Å²) in [6, 6.07) is 7.72. The number of rotatable bonds is 2. The third-order valence-corrected chi connectivity index (χ3v) is 5.33. The SMILES string of the molecule is CC1NC(=O)C2(CCCC2)N(Cc2ccc(I)cc2)C1=O. The molecule has 1 atom stereocenters. The molecule has 2 aliphatic rings. The van der Waals surface area contributed by atoms with Crippen LogP contribution in [-0.4, -0.2) is 28.3 Å². The Kier molecular flexibility index (Phi) is 3.94. The summed E-state index contributed by atoms with van der Waals surface area (Å²) in [6.45, 7) is 2.29. The monoisotopic (exact) mass is 398 g/mol. The fourth-order valence-corrected chi connectivity index (χ4v) is 3.78. The van der Waals surface area contributed by atoms with Crippen molar-refractivity contribution < 1.29 is 9.59 Å². The lowest BCUT2D eigenvalue weighted by Gasteiger charge is -2.45. The molecule has 4 nitrogen and oxygen atoms in total. The Morgan fingerprint density at radius 3 is 2.48 bits per heavy atom. The zero-order valence-electron chi connectivity index (χ0n) is 12.1. The average molecular weight is 398 g/mol. The maximum absolute atomic E-state index is 12.6. The number of amides is 2. The van der Waals surface area contributed by atoms with E-state index in [0.29, 0.717) is 6.54 Å². The minimum Gasteiger partial charge on any atom is -0.343 e. The molecule has 1 heterocycles. The molecule has 1 N–H and O–H groups in total. The van der Waals surface area contributed by atoms with E-state index in [1.54, 1.807) is 6.92 Å². The fraction of sp³-hybridized carbons (Fsp3) is 0.500. The van der Waals surface area contributed by atoms with Gasteiger partial charge >= 0.3 is 0 Å². The minimum absolute atomic E-state index is 0.0256. The van der Waals surface area contributed by atoms with Crippen LogP contribution < -0.4 is 5.32 Å². The van der Waals surface area contributed by atoms with Crippen LogP contribution in [0.2, 0.25) is 0 Å². The first-order chi connectivity index (χ1) is 10.0. The lowest BCUT2D eigenvalue weighted by Crippen LogP contribution is -2.68. The number of benzene rings is 1. The maximum atomic E-state index is 12.6. The second kappa shape index (κ2) is 5.59. The average Bonchev–Trinajstić information content (AvgIpc) is 2.95. The van der Waals surface area contributed by atoms with E-state index in [1.165, 1.54) is 3.57 Å². The molecule has 21 heavy (non-hydrogen) atoms. The largest absolute Gasteiger partial charge is 0.343 e. The Bertz CT molecular complexity index is 564. The van der Waals surface area contributed by atoms with Crippen LogP contribution >= 0.6 is 22.6 Å². The zero-order chi connectivity index (χ0) is 15.0. The van der Waals surface area contributed by atoms with Crippen molar-refractivity contribution in [3.05, 3.63) is 33.4 Å². The normalized spacial score (nSPS) is 24.5. The third-order valence-electron chi connectivity index (χ3n) is 4.61. The van der Waals surface area contributed by atoms with Gasteiger partial charge in [-0.25, -0.2) is 0 Å². The molecule has 0 bridgehead atoms. The lowest BCUT2D eigenvalue weighted by molar-refractivity contribution is -0.157. The van der Waals surface area contributed by atoms with Gasteiger partial charge in [0.2, 0.25) is 11.8 Å². The van der Waals surface area contributed by atoms with E-state index in [-0.39, 0.29) is 11.8 Å². The molecule has 0 aromatic heterocycles. The van der Waals surface area contributed by atoms with E-state index in [9.17, 15) is 9.59 Å². The van der Waals surface area contributed by atoms with Gasteiger partial charge in [-0.2, -0.15) is 0 Å². The van der Waals surface area contributed by atoms with Gasteiger partial charge in [-0.15, -0.1) is 0 Å². The summed E-state index contributed by atoms with van der Waals surface area (Å²) < 4.78 is 1.17. The smallest absolute Gasteiger partial charge is 0.246 e. The highest BCUT2D eigenvalue weighted by Crippen LogP contribution is 2.39. The minimum atomic E-state index is -0.618. The van der Waals surface area contributed by atoms with Gasteiger partial charge < -0.3 is 10.2 Å². The van der Waals surface area contributed by atoms with E-state index < -0.39 is 11.6 Å². The van der Waals surface area contributed by atoms with Gasteiger partial charge in [0.15, 0.2) is 0 Å². The summed E-state index contributed by atoms with van der Waals surface area (Å²) in [5, 5.41) is 2.86. The molecule has 1 aliphatic heterocycles. The zero-order valence-corrected chi connectivity index (χ0v) is 14.2. The summed E-state index contributed by atoms with van der Waals surface area (Å²) >= 11 is 2.26. The van der Waals surface area contributed by atoms with Gasteiger partial charge in [0.25, 0.3) is 0 Å². The standard InChI is InChI=1S/C16H19IN2O2/c1-11-14(20)19(10-12-4-6-13(17)7-5-12)16(15(21)18-11)8-2-3-9-16/h4-7,11H,2-3,8-10H2,1H3,(H,18,21). The predicted molar refractivity (Wildman–Crippen MR) is 88.5 cm³/mol. The predicted octanol–water partition coefficient (Wildman–Crippen LogP) is 2.45. The Morgan fingerprint density at radius 1 is 1.24 bits per heavy atom. The Hall–Kier alpha value is -1.11. The van der Waals surface area contributed by atoms with Gasteiger partial charge in [-0.05, 0) is 60.1 Å². The van der Waals surface area contributed by atoms with Crippen LogP contribution in [0.3, 0.4) is 0 Å². The summed E-state index contributed by atoms with van der Waals surface area (Å²) in [5.41, 5.74) is 0.462. The molecule has 1 saturated carbocycles. The van der Waals surface area contributed by atoms with Gasteiger partial charge in [0.1, 0.15) is 11.6 Å². The van der Waals surface area contributed by atoms with Crippen molar-refractivity contribution >= 4 is 34.4 Å². The second-order valence-electron chi connectivity index (χ2n) is 5.98. The molecule has 1 aromatic rings. The number of halogens is 1. The first-order valence-electron chi connectivity index (χ1n) is 7.40. The number of carbonyl (C=O) groups excluding carboxylic acids is 2. The molecule has 1 spiro atoms. The van der Waals surface area contributed by atoms with Crippen LogP contribution in [0.15, 0.2) is 24.3 Å². The molecule has 2 amide bonds. The highest BCUT2D eigenvalue weighted by atomic mass is 127. The van der Waals surface area contributed by atoms with Crippen LogP contribution in [0.25, 0.3) is 0 Å². The first kappa shape index (κ1) is 14.8. The van der Waals surface area contributed by atoms with Crippen molar-refractivity contribution in [2.24, 2.45) is 0 Å². The highest BCUT2D eigenvalue weighted by molar-refractivity contribution is 14.1. The van der Waals surface area contributed by atoms with E-state index in [0.717, 1.165) is 31.2 Å². The fourth-order valence-electron chi connectivity index (χ4n) is 3.42. The summed E-state index contributed by atoms with van der Waals surface area (Å²) in [7, 11) is 0. The van der Waals surface area contributed by atoms with Crippen molar-refractivity contribution in [3.8, 4) is 0 Å². The third kappa shape index (κ3) is 2.56. The van der Waals surface area contributed by atoms with Crippen LogP contribution in [0.4, 0.5) is 0 Å². The summed E-state index contributed by atoms with van der Waals surface area (Å²) in [6.07, 6.45) is 3.58. The first-order valence-corrected chi connectivity index (χ1v) is 8.48. The van der Waals surface area contributed by atoms with Gasteiger partial charge in [-0.1, -0.05) is 25.0 Å². The van der Waals surface area contributed by atoms with Crippen molar-refractivity contribution in [2.45, 2.75) is 50.7 Å². The van der Waals surface area contributed by atoms with Gasteiger partial charge in [-0.3, -0.25) is 9.59 Å². The number of piperazine rings is 1. The number of carbonyl (C=O) groups is 2. The molecular formula is C16H19IN2O2. The number of hydrogen-bond acceptors (Lipinski definition) is 2. The molecule has 1 aliphatic carbocycles. The summed E-state index contributed by atoms with van der Waals surface area (Å²) in [5.74, 6) is 0.0626. The molecule has 0 radical (unpaired) electrons. The van der Waals surface area contributed by atoms with E-state index in [2.05, 4.69) is 27.9 Å². The topological polar surface area (TPSA) is 49.4 Å². The van der Waals surface area contributed by atoms with Crippen molar-refractivity contribution in [1.82, 2.24) is 10.2 Å². The van der Waals surface area contributed by atoms with Crippen LogP contribution in [0, 0.1) is 3.57 Å². The van der Waals surface area contributed by atoms with Crippen LogP contribution in [-0.2, 0) is 16.1 Å². The molecule has 1 saturated heterocycles. The second-order valence-corrected chi connectivity index (χ2v) is 7.23. The molecule has 5 heteroatoms. The van der Waals surface area contributed by atoms with E-state index in [1.807, 2.05) is 29.2 Å². The van der Waals surface area contributed by atoms with E-state index >= 15 is 0 Å². The molecule has 1 unspecified atom stereocenters. The van der Waals surface area contributed by atoms with Crippen molar-refractivity contribution in [1.29, 1.82) is 0 Å². The quantitative estimate of drug-likeness (QED) is 0.779. The van der Waals surface area contributed by atoms with E-state index in [4.69, 9.17) is 0 Å². The Balaban J connectivity index is 1.92. The number of nitrogens with one attached hydrogen (secondary N) is 1. The van der Waals surface area contributed by atoms with Crippen LogP contribution in [0.1, 0.15) is 38.2 Å². The highest BCUT2D eigenvalue weighted by Gasteiger charge is 2.52.